The molecule has 0 aliphatic carbocycles. The number of methoxy groups -OCH3 is 1. The van der Waals surface area contributed by atoms with Crippen LogP contribution in [0.3, 0.4) is 0 Å². The van der Waals surface area contributed by atoms with Gasteiger partial charge in [-0.2, -0.15) is 0 Å². The minimum absolute atomic E-state index is 0.00102. The minimum Gasteiger partial charge on any atom is -0.469 e. The molecule has 0 radical (unpaired) electrons. The maximum absolute atomic E-state index is 11.5. The summed E-state index contributed by atoms with van der Waals surface area (Å²) in [5, 5.41) is 0. The third-order valence-electron chi connectivity index (χ3n) is 3.21. The Kier molecular flexibility index (Phi) is 6.22. The van der Waals surface area contributed by atoms with Crippen molar-refractivity contribution < 1.29 is 9.53 Å². The summed E-state index contributed by atoms with van der Waals surface area (Å²) >= 11 is 0. The van der Waals surface area contributed by atoms with Crippen LogP contribution in [0.2, 0.25) is 0 Å². The second-order valence-electron chi connectivity index (χ2n) is 6.93. The summed E-state index contributed by atoms with van der Waals surface area (Å²) in [7, 11) is 1.47. The van der Waals surface area contributed by atoms with E-state index in [4.69, 9.17) is 4.74 Å². The van der Waals surface area contributed by atoms with Gasteiger partial charge in [0.15, 0.2) is 0 Å². The second-order valence-corrected chi connectivity index (χ2v) is 6.93. The van der Waals surface area contributed by atoms with E-state index in [1.165, 1.54) is 20.0 Å². The summed E-state index contributed by atoms with van der Waals surface area (Å²) in [5.74, 6) is -0.0832. The van der Waals surface area contributed by atoms with E-state index in [0.717, 1.165) is 12.8 Å². The number of hydrogen-bond acceptors (Lipinski definition) is 2. The highest BCUT2D eigenvalue weighted by Gasteiger charge is 2.32. The summed E-state index contributed by atoms with van der Waals surface area (Å²) < 4.78 is 4.83. The standard InChI is InChI=1S/C15H30O2/c1-8-9-15(6,11-14(3,4)5)10-12(2)13(16)17-7/h12H,8-11H2,1-7H3. The van der Waals surface area contributed by atoms with E-state index in [-0.39, 0.29) is 17.3 Å². The minimum atomic E-state index is -0.0822. The Labute approximate surface area is 107 Å². The normalized spacial score (nSPS) is 17.4. The molecule has 0 fully saturated rings. The predicted molar refractivity (Wildman–Crippen MR) is 72.9 cm³/mol. The van der Waals surface area contributed by atoms with Crippen molar-refractivity contribution >= 4 is 5.97 Å². The number of carbonyl (C=O) groups is 1. The molecule has 2 heteroatoms. The van der Waals surface area contributed by atoms with E-state index in [0.29, 0.717) is 5.41 Å². The maximum Gasteiger partial charge on any atom is 0.308 e. The van der Waals surface area contributed by atoms with Crippen LogP contribution in [0.25, 0.3) is 0 Å². The van der Waals surface area contributed by atoms with Gasteiger partial charge in [-0.15, -0.1) is 0 Å². The Hall–Kier alpha value is -0.530. The van der Waals surface area contributed by atoms with Crippen molar-refractivity contribution in [1.29, 1.82) is 0 Å². The Morgan fingerprint density at radius 3 is 2.12 bits per heavy atom. The molecule has 2 atom stereocenters. The van der Waals surface area contributed by atoms with Gasteiger partial charge in [0.1, 0.15) is 0 Å². The molecule has 102 valence electrons. The van der Waals surface area contributed by atoms with Gasteiger partial charge in [-0.25, -0.2) is 0 Å². The number of rotatable bonds is 6. The zero-order chi connectivity index (χ0) is 13.7. The number of carbonyl (C=O) groups excluding carboxylic acids is 1. The van der Waals surface area contributed by atoms with Crippen molar-refractivity contribution in [1.82, 2.24) is 0 Å². The van der Waals surface area contributed by atoms with Gasteiger partial charge >= 0.3 is 5.97 Å². The molecule has 0 N–H and O–H groups in total. The van der Waals surface area contributed by atoms with E-state index in [2.05, 4.69) is 34.6 Å². The topological polar surface area (TPSA) is 26.3 Å². The van der Waals surface area contributed by atoms with E-state index in [1.807, 2.05) is 6.92 Å². The SMILES string of the molecule is CCCC(C)(CC(C)C(=O)OC)CC(C)(C)C. The molecule has 0 saturated heterocycles. The molecule has 0 saturated carbocycles. The highest BCUT2D eigenvalue weighted by atomic mass is 16.5. The number of hydrogen-bond donors (Lipinski definition) is 0. The fourth-order valence-electron chi connectivity index (χ4n) is 3.17. The summed E-state index contributed by atoms with van der Waals surface area (Å²) in [6, 6.07) is 0. The summed E-state index contributed by atoms with van der Waals surface area (Å²) in [5.41, 5.74) is 0.542. The summed E-state index contributed by atoms with van der Waals surface area (Å²) in [4.78, 5) is 11.5. The fourth-order valence-corrected chi connectivity index (χ4v) is 3.17. The van der Waals surface area contributed by atoms with E-state index < -0.39 is 0 Å². The maximum atomic E-state index is 11.5. The lowest BCUT2D eigenvalue weighted by Crippen LogP contribution is -2.28. The monoisotopic (exact) mass is 242 g/mol. The average Bonchev–Trinajstić information content (AvgIpc) is 2.13. The first-order chi connectivity index (χ1) is 7.63. The lowest BCUT2D eigenvalue weighted by molar-refractivity contribution is -0.146. The first-order valence-corrected chi connectivity index (χ1v) is 6.71. The predicted octanol–water partition coefficient (Wildman–Crippen LogP) is 4.43. The third-order valence-corrected chi connectivity index (χ3v) is 3.21. The van der Waals surface area contributed by atoms with Gasteiger partial charge in [0.05, 0.1) is 13.0 Å². The van der Waals surface area contributed by atoms with Crippen LogP contribution in [0.15, 0.2) is 0 Å². The molecule has 0 aromatic carbocycles. The molecular formula is C15H30O2. The molecular weight excluding hydrogens is 212 g/mol. The smallest absolute Gasteiger partial charge is 0.308 e. The van der Waals surface area contributed by atoms with E-state index in [9.17, 15) is 4.79 Å². The first kappa shape index (κ1) is 16.5. The molecule has 0 aliphatic rings. The molecule has 2 unspecified atom stereocenters. The zero-order valence-electron chi connectivity index (χ0n) is 12.7. The van der Waals surface area contributed by atoms with Gasteiger partial charge in [-0.3, -0.25) is 4.79 Å². The molecule has 0 aliphatic heterocycles. The fraction of sp³-hybridized carbons (Fsp3) is 0.933. The largest absolute Gasteiger partial charge is 0.469 e. The highest BCUT2D eigenvalue weighted by molar-refractivity contribution is 5.71. The van der Waals surface area contributed by atoms with Crippen molar-refractivity contribution in [3.05, 3.63) is 0 Å². The molecule has 0 heterocycles. The van der Waals surface area contributed by atoms with Gasteiger partial charge < -0.3 is 4.74 Å². The second kappa shape index (κ2) is 6.42. The van der Waals surface area contributed by atoms with Gasteiger partial charge in [-0.05, 0) is 30.1 Å². The molecule has 0 spiro atoms. The van der Waals surface area contributed by atoms with Gasteiger partial charge in [0.25, 0.3) is 0 Å². The van der Waals surface area contributed by atoms with Gasteiger partial charge in [0, 0.05) is 0 Å². The first-order valence-electron chi connectivity index (χ1n) is 6.71. The van der Waals surface area contributed by atoms with Crippen molar-refractivity contribution in [3.63, 3.8) is 0 Å². The Bertz CT molecular complexity index is 240. The molecule has 0 amide bonds. The average molecular weight is 242 g/mol. The van der Waals surface area contributed by atoms with Crippen LogP contribution in [0, 0.1) is 16.7 Å². The third kappa shape index (κ3) is 6.70. The van der Waals surface area contributed by atoms with Crippen LogP contribution in [-0.4, -0.2) is 13.1 Å². The Morgan fingerprint density at radius 1 is 1.24 bits per heavy atom. The Morgan fingerprint density at radius 2 is 1.76 bits per heavy atom. The zero-order valence-corrected chi connectivity index (χ0v) is 12.7. The highest BCUT2D eigenvalue weighted by Crippen LogP contribution is 2.41. The molecule has 0 aromatic rings. The molecule has 17 heavy (non-hydrogen) atoms. The lowest BCUT2D eigenvalue weighted by Gasteiger charge is -2.37. The van der Waals surface area contributed by atoms with E-state index in [1.54, 1.807) is 0 Å². The van der Waals surface area contributed by atoms with Gasteiger partial charge in [0.2, 0.25) is 0 Å². The molecule has 0 rings (SSSR count). The number of ether oxygens (including phenoxy) is 1. The van der Waals surface area contributed by atoms with Crippen molar-refractivity contribution in [2.75, 3.05) is 7.11 Å². The van der Waals surface area contributed by atoms with Crippen molar-refractivity contribution in [2.24, 2.45) is 16.7 Å². The van der Waals surface area contributed by atoms with Gasteiger partial charge in [-0.1, -0.05) is 48.0 Å². The lowest BCUT2D eigenvalue weighted by atomic mass is 9.68. The van der Waals surface area contributed by atoms with Crippen LogP contribution in [0.4, 0.5) is 0 Å². The van der Waals surface area contributed by atoms with Crippen LogP contribution < -0.4 is 0 Å². The van der Waals surface area contributed by atoms with Crippen LogP contribution in [0.5, 0.6) is 0 Å². The molecule has 0 bridgehead atoms. The Balaban J connectivity index is 4.66. The molecule has 2 nitrogen and oxygen atoms in total. The van der Waals surface area contributed by atoms with Crippen molar-refractivity contribution in [3.8, 4) is 0 Å². The van der Waals surface area contributed by atoms with Crippen LogP contribution in [0.1, 0.15) is 67.2 Å². The summed E-state index contributed by atoms with van der Waals surface area (Å²) in [6.07, 6.45) is 4.41. The molecule has 0 aromatic heterocycles. The van der Waals surface area contributed by atoms with Crippen LogP contribution >= 0.6 is 0 Å². The van der Waals surface area contributed by atoms with Crippen molar-refractivity contribution in [2.45, 2.75) is 67.2 Å². The number of esters is 1. The van der Waals surface area contributed by atoms with E-state index >= 15 is 0 Å². The quantitative estimate of drug-likeness (QED) is 0.644. The summed E-state index contributed by atoms with van der Waals surface area (Å²) in [6.45, 7) is 13.3. The van der Waals surface area contributed by atoms with Crippen LogP contribution in [-0.2, 0) is 9.53 Å².